The fourth-order valence-corrected chi connectivity index (χ4v) is 3.47. The van der Waals surface area contributed by atoms with Crippen molar-refractivity contribution in [3.05, 3.63) is 64.9 Å². The minimum Gasteiger partial charge on any atom is -0.379 e. The highest BCUT2D eigenvalue weighted by molar-refractivity contribution is 6.31. The normalized spacial score (nSPS) is 15.1. The lowest BCUT2D eigenvalue weighted by Gasteiger charge is -2.26. The van der Waals surface area contributed by atoms with Crippen LogP contribution >= 0.6 is 11.6 Å². The van der Waals surface area contributed by atoms with Gasteiger partial charge in [-0.3, -0.25) is 4.90 Å². The fraction of sp³-hybridized carbons (Fsp3) is 0.333. The minimum atomic E-state index is 0.686. The molecule has 1 aliphatic heterocycles. The van der Waals surface area contributed by atoms with Gasteiger partial charge in [0.2, 0.25) is 0 Å². The van der Waals surface area contributed by atoms with E-state index in [-0.39, 0.29) is 0 Å². The second-order valence-electron chi connectivity index (χ2n) is 6.69. The van der Waals surface area contributed by atoms with Gasteiger partial charge in [0.05, 0.1) is 18.7 Å². The quantitative estimate of drug-likeness (QED) is 0.705. The van der Waals surface area contributed by atoms with Gasteiger partial charge in [0.1, 0.15) is 11.6 Å². The number of ether oxygens (including phenoxy) is 1. The van der Waals surface area contributed by atoms with E-state index in [9.17, 15) is 0 Å². The third kappa shape index (κ3) is 4.75. The van der Waals surface area contributed by atoms with Gasteiger partial charge < -0.3 is 10.1 Å². The molecule has 0 aliphatic carbocycles. The number of benzene rings is 2. The number of fused-ring (bicyclic) bond motifs is 1. The second-order valence-corrected chi connectivity index (χ2v) is 7.13. The van der Waals surface area contributed by atoms with Crippen LogP contribution in [-0.2, 0) is 11.2 Å². The molecule has 1 aliphatic rings. The summed E-state index contributed by atoms with van der Waals surface area (Å²) in [7, 11) is 0. The topological polar surface area (TPSA) is 50.3 Å². The Balaban J connectivity index is 1.55. The zero-order valence-electron chi connectivity index (χ0n) is 15.2. The number of hydrogen-bond donors (Lipinski definition) is 1. The third-order valence-electron chi connectivity index (χ3n) is 4.73. The van der Waals surface area contributed by atoms with Crippen molar-refractivity contribution >= 4 is 28.3 Å². The van der Waals surface area contributed by atoms with Crippen LogP contribution < -0.4 is 5.32 Å². The predicted octanol–water partition coefficient (Wildman–Crippen LogP) is 3.62. The van der Waals surface area contributed by atoms with E-state index in [1.807, 2.05) is 36.4 Å². The Labute approximate surface area is 164 Å². The molecule has 27 heavy (non-hydrogen) atoms. The molecule has 5 nitrogen and oxygen atoms in total. The molecule has 6 heteroatoms. The molecule has 0 spiro atoms. The first-order valence-electron chi connectivity index (χ1n) is 9.32. The van der Waals surface area contributed by atoms with Gasteiger partial charge in [0, 0.05) is 43.0 Å². The van der Waals surface area contributed by atoms with Crippen LogP contribution in [0, 0.1) is 0 Å². The van der Waals surface area contributed by atoms with E-state index in [1.54, 1.807) is 0 Å². The molecule has 2 heterocycles. The first-order chi connectivity index (χ1) is 13.3. The van der Waals surface area contributed by atoms with Crippen LogP contribution in [0.3, 0.4) is 0 Å². The number of morpholine rings is 1. The van der Waals surface area contributed by atoms with Crippen LogP contribution in [0.25, 0.3) is 10.9 Å². The standard InChI is InChI=1S/C21H23ClN4O/c22-17-6-7-18-19(15-17)24-20(14-16-4-2-1-3-5-16)25-21(18)23-8-9-26-10-12-27-13-11-26/h1-7,15H,8-14H2,(H,23,24,25). The Morgan fingerprint density at radius 3 is 2.67 bits per heavy atom. The van der Waals surface area contributed by atoms with E-state index in [0.717, 1.165) is 61.9 Å². The summed E-state index contributed by atoms with van der Waals surface area (Å²) in [5, 5.41) is 5.19. The lowest BCUT2D eigenvalue weighted by molar-refractivity contribution is 0.0398. The monoisotopic (exact) mass is 382 g/mol. The maximum absolute atomic E-state index is 6.19. The largest absolute Gasteiger partial charge is 0.379 e. The summed E-state index contributed by atoms with van der Waals surface area (Å²) in [4.78, 5) is 11.9. The minimum absolute atomic E-state index is 0.686. The Bertz CT molecular complexity index is 897. The molecule has 0 amide bonds. The van der Waals surface area contributed by atoms with Crippen molar-refractivity contribution in [3.63, 3.8) is 0 Å². The summed E-state index contributed by atoms with van der Waals surface area (Å²) in [5.74, 6) is 1.67. The zero-order valence-corrected chi connectivity index (χ0v) is 16.0. The zero-order chi connectivity index (χ0) is 18.5. The number of halogens is 1. The average Bonchev–Trinajstić information content (AvgIpc) is 2.69. The number of nitrogens with zero attached hydrogens (tertiary/aromatic N) is 3. The van der Waals surface area contributed by atoms with Gasteiger partial charge >= 0.3 is 0 Å². The van der Waals surface area contributed by atoms with Crippen molar-refractivity contribution in [1.29, 1.82) is 0 Å². The van der Waals surface area contributed by atoms with E-state index in [1.165, 1.54) is 5.56 Å². The molecule has 140 valence electrons. The van der Waals surface area contributed by atoms with Crippen molar-refractivity contribution in [2.75, 3.05) is 44.7 Å². The molecule has 0 atom stereocenters. The summed E-state index contributed by atoms with van der Waals surface area (Å²) in [6, 6.07) is 16.1. The molecule has 0 bridgehead atoms. The highest BCUT2D eigenvalue weighted by Crippen LogP contribution is 2.24. The van der Waals surface area contributed by atoms with E-state index in [4.69, 9.17) is 26.3 Å². The van der Waals surface area contributed by atoms with Crippen LogP contribution in [-0.4, -0.2) is 54.3 Å². The molecular weight excluding hydrogens is 360 g/mol. The van der Waals surface area contributed by atoms with Crippen molar-refractivity contribution in [1.82, 2.24) is 14.9 Å². The van der Waals surface area contributed by atoms with E-state index in [2.05, 4.69) is 22.3 Å². The number of hydrogen-bond acceptors (Lipinski definition) is 5. The number of rotatable bonds is 6. The molecule has 0 unspecified atom stereocenters. The highest BCUT2D eigenvalue weighted by atomic mass is 35.5. The molecular formula is C21H23ClN4O. The summed E-state index contributed by atoms with van der Waals surface area (Å²) in [6.45, 7) is 5.41. The highest BCUT2D eigenvalue weighted by Gasteiger charge is 2.12. The summed E-state index contributed by atoms with van der Waals surface area (Å²) in [6.07, 6.45) is 0.696. The lowest BCUT2D eigenvalue weighted by atomic mass is 10.1. The van der Waals surface area contributed by atoms with Crippen molar-refractivity contribution in [3.8, 4) is 0 Å². The first-order valence-corrected chi connectivity index (χ1v) is 9.70. The third-order valence-corrected chi connectivity index (χ3v) is 4.97. The van der Waals surface area contributed by atoms with Gasteiger partial charge in [-0.2, -0.15) is 0 Å². The van der Waals surface area contributed by atoms with Crippen molar-refractivity contribution < 1.29 is 4.74 Å². The Morgan fingerprint density at radius 2 is 1.85 bits per heavy atom. The molecule has 2 aromatic carbocycles. The van der Waals surface area contributed by atoms with Crippen molar-refractivity contribution in [2.45, 2.75) is 6.42 Å². The van der Waals surface area contributed by atoms with Crippen LogP contribution in [0.4, 0.5) is 5.82 Å². The molecule has 0 saturated carbocycles. The Hall–Kier alpha value is -2.21. The van der Waals surface area contributed by atoms with Crippen LogP contribution in [0.1, 0.15) is 11.4 Å². The molecule has 1 fully saturated rings. The molecule has 3 aromatic rings. The van der Waals surface area contributed by atoms with E-state index >= 15 is 0 Å². The molecule has 1 aromatic heterocycles. The Morgan fingerprint density at radius 1 is 1.04 bits per heavy atom. The van der Waals surface area contributed by atoms with Gasteiger partial charge in [0.25, 0.3) is 0 Å². The SMILES string of the molecule is Clc1ccc2c(NCCN3CCOCC3)nc(Cc3ccccc3)nc2c1. The maximum Gasteiger partial charge on any atom is 0.137 e. The van der Waals surface area contributed by atoms with Crippen LogP contribution in [0.2, 0.25) is 5.02 Å². The second kappa shape index (κ2) is 8.65. The molecule has 4 rings (SSSR count). The molecule has 1 saturated heterocycles. The van der Waals surface area contributed by atoms with Gasteiger partial charge in [-0.05, 0) is 23.8 Å². The van der Waals surface area contributed by atoms with Gasteiger partial charge in [-0.25, -0.2) is 9.97 Å². The lowest BCUT2D eigenvalue weighted by Crippen LogP contribution is -2.39. The van der Waals surface area contributed by atoms with Gasteiger partial charge in [0.15, 0.2) is 0 Å². The number of aromatic nitrogens is 2. The van der Waals surface area contributed by atoms with Crippen LogP contribution in [0.5, 0.6) is 0 Å². The predicted molar refractivity (Wildman–Crippen MR) is 110 cm³/mol. The molecule has 0 radical (unpaired) electrons. The van der Waals surface area contributed by atoms with Gasteiger partial charge in [-0.15, -0.1) is 0 Å². The fourth-order valence-electron chi connectivity index (χ4n) is 3.30. The summed E-state index contributed by atoms with van der Waals surface area (Å²) >= 11 is 6.19. The van der Waals surface area contributed by atoms with Crippen molar-refractivity contribution in [2.24, 2.45) is 0 Å². The molecule has 1 N–H and O–H groups in total. The summed E-state index contributed by atoms with van der Waals surface area (Å²) < 4.78 is 5.41. The first kappa shape index (κ1) is 18.2. The maximum atomic E-state index is 6.19. The number of nitrogens with one attached hydrogen (secondary N) is 1. The average molecular weight is 383 g/mol. The smallest absolute Gasteiger partial charge is 0.137 e. The number of anilines is 1. The van der Waals surface area contributed by atoms with Crippen LogP contribution in [0.15, 0.2) is 48.5 Å². The van der Waals surface area contributed by atoms with E-state index < -0.39 is 0 Å². The van der Waals surface area contributed by atoms with Gasteiger partial charge in [-0.1, -0.05) is 41.9 Å². The Kier molecular flexibility index (Phi) is 5.82. The summed E-state index contributed by atoms with van der Waals surface area (Å²) in [5.41, 5.74) is 2.07. The van der Waals surface area contributed by atoms with E-state index in [0.29, 0.717) is 11.4 Å².